The van der Waals surface area contributed by atoms with Crippen LogP contribution < -0.4 is 26.4 Å². The first-order valence-corrected chi connectivity index (χ1v) is 20.1. The fraction of sp³-hybridized carbons (Fsp3) is 0.500. The van der Waals surface area contributed by atoms with Gasteiger partial charge < -0.3 is 26.4 Å². The van der Waals surface area contributed by atoms with Crippen molar-refractivity contribution in [2.75, 3.05) is 31.8 Å². The van der Waals surface area contributed by atoms with Crippen molar-refractivity contribution in [3.05, 3.63) is 83.2 Å². The van der Waals surface area contributed by atoms with Gasteiger partial charge in [-0.3, -0.25) is 14.6 Å². The third-order valence-corrected chi connectivity index (χ3v) is 9.23. The van der Waals surface area contributed by atoms with E-state index in [1.807, 2.05) is 37.3 Å². The van der Waals surface area contributed by atoms with Crippen LogP contribution in [0.3, 0.4) is 0 Å². The number of benzene rings is 1. The smallest absolute Gasteiger partial charge is 0.228 e. The number of aliphatic imine (C=N–C) groups is 1. The Balaban J connectivity index is 0.000000653. The van der Waals surface area contributed by atoms with Gasteiger partial charge in [-0.25, -0.2) is 0 Å². The second-order valence-electron chi connectivity index (χ2n) is 13.9. The molecule has 2 unspecified atom stereocenters. The SMILES string of the molecule is C=C(C#CCCC)/C=C\C=C(\CC)CCC.CCC(C)CC(CC)/C(N)=C/C(=NC)c1cccc(Nc2cc(NC(=O)C3CC3)nnc2C)c1OC.CNC=O. The fourth-order valence-corrected chi connectivity index (χ4v) is 5.49. The Bertz CT molecular complexity index is 1710. The average Bonchev–Trinajstić information content (AvgIpc) is 4.06. The maximum absolute atomic E-state index is 12.2. The molecular formula is C46H69N7O3. The molecule has 0 spiro atoms. The lowest BCUT2D eigenvalue weighted by molar-refractivity contribution is -0.117. The molecule has 5 N–H and O–H groups in total. The first-order valence-electron chi connectivity index (χ1n) is 20.1. The highest BCUT2D eigenvalue weighted by Gasteiger charge is 2.30. The van der Waals surface area contributed by atoms with Crippen LogP contribution in [0, 0.1) is 36.5 Å². The number of carbonyl (C=O) groups excluding carboxylic acids is 2. The molecule has 2 amide bonds. The maximum atomic E-state index is 12.2. The van der Waals surface area contributed by atoms with Crippen molar-refractivity contribution in [3.8, 4) is 17.6 Å². The van der Waals surface area contributed by atoms with E-state index >= 15 is 0 Å². The van der Waals surface area contributed by atoms with Gasteiger partial charge in [-0.2, -0.15) is 5.10 Å². The summed E-state index contributed by atoms with van der Waals surface area (Å²) in [6.07, 6.45) is 19.5. The molecule has 2 atom stereocenters. The molecule has 10 nitrogen and oxygen atoms in total. The van der Waals surface area contributed by atoms with Crippen LogP contribution in [0.4, 0.5) is 17.2 Å². The molecule has 2 aromatic rings. The standard InChI is InChI=1S/C28H40N6O2.C16H24.C2H5NO/c1-7-17(3)14-19(8-2)22(29)15-25(30-5)21-10-9-11-23(27(21)36-6)31-24-16-26(34-33-18(24)4)32-28(35)20-12-13-20;1-5-8-9-12-15(4)13-10-14-16(7-3)11-6-2;1-3-2-4/h9-11,15-17,19-20H,7-8,12-14,29H2,1-6H3,(H2,31,32,34,35);10,13-14H,4-8,11H2,1-3H3;2H,1H3,(H,3,4)/b22-15-,30-25?;13-10-,16-14-;. The Morgan fingerprint density at radius 2 is 1.84 bits per heavy atom. The number of carbonyl (C=O) groups is 2. The molecule has 0 aliphatic heterocycles. The number of nitrogens with two attached hydrogens (primary N) is 1. The van der Waals surface area contributed by atoms with Crippen LogP contribution >= 0.6 is 0 Å². The number of nitrogens with one attached hydrogen (secondary N) is 3. The molecule has 0 radical (unpaired) electrons. The summed E-state index contributed by atoms with van der Waals surface area (Å²) in [6, 6.07) is 7.65. The molecule has 1 aromatic heterocycles. The van der Waals surface area contributed by atoms with Crippen LogP contribution in [0.15, 0.2) is 77.0 Å². The number of anilines is 3. The van der Waals surface area contributed by atoms with E-state index in [1.54, 1.807) is 27.3 Å². The molecule has 3 rings (SSSR count). The van der Waals surface area contributed by atoms with E-state index in [4.69, 9.17) is 15.3 Å². The number of allylic oxidation sites excluding steroid dienone is 7. The molecule has 1 aliphatic rings. The van der Waals surface area contributed by atoms with Gasteiger partial charge in [0.05, 0.1) is 29.9 Å². The van der Waals surface area contributed by atoms with Gasteiger partial charge in [-0.05, 0) is 88.0 Å². The topological polar surface area (TPSA) is 144 Å². The number of rotatable bonds is 19. The predicted molar refractivity (Wildman–Crippen MR) is 236 cm³/mol. The minimum absolute atomic E-state index is 0.00873. The third kappa shape index (κ3) is 18.4. The van der Waals surface area contributed by atoms with Crippen molar-refractivity contribution in [3.63, 3.8) is 0 Å². The minimum atomic E-state index is -0.00873. The molecule has 0 saturated heterocycles. The lowest BCUT2D eigenvalue weighted by Crippen LogP contribution is -2.17. The summed E-state index contributed by atoms with van der Waals surface area (Å²) in [7, 11) is 4.97. The summed E-state index contributed by atoms with van der Waals surface area (Å²) >= 11 is 0. The van der Waals surface area contributed by atoms with E-state index in [9.17, 15) is 4.79 Å². The van der Waals surface area contributed by atoms with Crippen molar-refractivity contribution >= 4 is 35.2 Å². The van der Waals surface area contributed by atoms with E-state index in [-0.39, 0.29) is 11.8 Å². The third-order valence-electron chi connectivity index (χ3n) is 9.23. The number of aryl methyl sites for hydroxylation is 1. The average molecular weight is 768 g/mol. The zero-order valence-corrected chi connectivity index (χ0v) is 35.9. The number of para-hydroxylation sites is 1. The largest absolute Gasteiger partial charge is 0.494 e. The lowest BCUT2D eigenvalue weighted by atomic mass is 9.89. The first kappa shape index (κ1) is 48.8. The number of amides is 2. The number of aromatic nitrogens is 2. The van der Waals surface area contributed by atoms with Gasteiger partial charge in [0.2, 0.25) is 12.3 Å². The number of hydrogen-bond acceptors (Lipinski definition) is 8. The first-order chi connectivity index (χ1) is 27.0. The van der Waals surface area contributed by atoms with Gasteiger partial charge >= 0.3 is 0 Å². The Labute approximate surface area is 338 Å². The van der Waals surface area contributed by atoms with Gasteiger partial charge in [0.1, 0.15) is 0 Å². The predicted octanol–water partition coefficient (Wildman–Crippen LogP) is 10.0. The molecule has 1 heterocycles. The van der Waals surface area contributed by atoms with Crippen molar-refractivity contribution in [1.82, 2.24) is 15.5 Å². The van der Waals surface area contributed by atoms with Crippen LogP contribution in [-0.2, 0) is 9.59 Å². The maximum Gasteiger partial charge on any atom is 0.228 e. The van der Waals surface area contributed by atoms with E-state index < -0.39 is 0 Å². The summed E-state index contributed by atoms with van der Waals surface area (Å²) < 4.78 is 5.84. The molecule has 1 aliphatic carbocycles. The number of methoxy groups -OCH3 is 1. The Morgan fingerprint density at radius 3 is 2.39 bits per heavy atom. The second kappa shape index (κ2) is 28.3. The molecular weight excluding hydrogens is 699 g/mol. The van der Waals surface area contributed by atoms with Gasteiger partial charge in [0, 0.05) is 49.3 Å². The Kier molecular flexibility index (Phi) is 24.7. The number of unbranched alkanes of at least 4 members (excludes halogenated alkanes) is 1. The molecule has 1 aromatic carbocycles. The van der Waals surface area contributed by atoms with E-state index in [0.717, 1.165) is 85.3 Å². The van der Waals surface area contributed by atoms with Crippen LogP contribution in [0.1, 0.15) is 117 Å². The highest BCUT2D eigenvalue weighted by atomic mass is 16.5. The zero-order chi connectivity index (χ0) is 41.9. The summed E-state index contributed by atoms with van der Waals surface area (Å²) in [5.74, 6) is 8.21. The van der Waals surface area contributed by atoms with Crippen molar-refractivity contribution in [2.24, 2.45) is 28.5 Å². The summed E-state index contributed by atoms with van der Waals surface area (Å²) in [5, 5.41) is 16.9. The van der Waals surface area contributed by atoms with Gasteiger partial charge in [0.25, 0.3) is 0 Å². The minimum Gasteiger partial charge on any atom is -0.494 e. The van der Waals surface area contributed by atoms with Gasteiger partial charge in [0.15, 0.2) is 11.6 Å². The molecule has 0 bridgehead atoms. The lowest BCUT2D eigenvalue weighted by Gasteiger charge is -2.20. The highest BCUT2D eigenvalue weighted by molar-refractivity contribution is 6.12. The summed E-state index contributed by atoms with van der Waals surface area (Å²) in [4.78, 5) is 25.8. The molecule has 10 heteroatoms. The van der Waals surface area contributed by atoms with Crippen LogP contribution in [0.2, 0.25) is 0 Å². The zero-order valence-electron chi connectivity index (χ0n) is 35.9. The number of nitrogens with zero attached hydrogens (tertiary/aromatic N) is 3. The Morgan fingerprint density at radius 1 is 1.12 bits per heavy atom. The van der Waals surface area contributed by atoms with Crippen LogP contribution in [0.25, 0.3) is 0 Å². The summed E-state index contributed by atoms with van der Waals surface area (Å²) in [5.41, 5.74) is 13.6. The molecule has 1 fully saturated rings. The van der Waals surface area contributed by atoms with Crippen molar-refractivity contribution in [2.45, 2.75) is 113 Å². The molecule has 306 valence electrons. The van der Waals surface area contributed by atoms with Crippen molar-refractivity contribution in [1.29, 1.82) is 0 Å². The number of hydrogen-bond donors (Lipinski definition) is 4. The molecule has 56 heavy (non-hydrogen) atoms. The fourth-order valence-electron chi connectivity index (χ4n) is 5.49. The van der Waals surface area contributed by atoms with Crippen molar-refractivity contribution < 1.29 is 14.3 Å². The quantitative estimate of drug-likeness (QED) is 0.0482. The van der Waals surface area contributed by atoms with E-state index in [1.165, 1.54) is 18.4 Å². The number of ether oxygens (including phenoxy) is 1. The highest BCUT2D eigenvalue weighted by Crippen LogP contribution is 2.34. The van der Waals surface area contributed by atoms with E-state index in [2.05, 4.69) is 103 Å². The normalized spacial score (nSPS) is 13.8. The van der Waals surface area contributed by atoms with E-state index in [0.29, 0.717) is 35.5 Å². The van der Waals surface area contributed by atoms with Gasteiger partial charge in [-0.15, -0.1) is 5.10 Å². The monoisotopic (exact) mass is 768 g/mol. The molecule has 1 saturated carbocycles. The Hall–Kier alpha value is -5.17. The van der Waals surface area contributed by atoms with Crippen LogP contribution in [-0.4, -0.2) is 49.4 Å². The second-order valence-corrected chi connectivity index (χ2v) is 13.9. The summed E-state index contributed by atoms with van der Waals surface area (Å²) in [6.45, 7) is 19.0. The van der Waals surface area contributed by atoms with Crippen LogP contribution in [0.5, 0.6) is 5.75 Å². The van der Waals surface area contributed by atoms with Gasteiger partial charge in [-0.1, -0.05) is 96.6 Å².